The predicted octanol–water partition coefficient (Wildman–Crippen LogP) is 10.9. The van der Waals surface area contributed by atoms with Gasteiger partial charge in [-0.15, -0.1) is 0 Å². The molecular formula is C38H48N2O2. The van der Waals surface area contributed by atoms with Gasteiger partial charge < -0.3 is 20.9 Å². The Morgan fingerprint density at radius 2 is 0.952 bits per heavy atom. The van der Waals surface area contributed by atoms with Crippen LogP contribution in [-0.4, -0.2) is 0 Å². The monoisotopic (exact) mass is 564 g/mol. The zero-order valence-electron chi connectivity index (χ0n) is 26.1. The summed E-state index contributed by atoms with van der Waals surface area (Å²) in [7, 11) is 0. The molecule has 0 fully saturated rings. The van der Waals surface area contributed by atoms with Crippen LogP contribution in [-0.2, 0) is 0 Å². The van der Waals surface area contributed by atoms with Crippen molar-refractivity contribution in [2.45, 2.75) is 91.9 Å². The van der Waals surface area contributed by atoms with E-state index in [1.165, 1.54) is 60.8 Å². The largest absolute Gasteiger partial charge is 0.457 e. The summed E-state index contributed by atoms with van der Waals surface area (Å²) in [6, 6.07) is 24.3. The molecule has 222 valence electrons. The summed E-state index contributed by atoms with van der Waals surface area (Å²) in [5.74, 6) is 3.49. The van der Waals surface area contributed by atoms with Crippen LogP contribution in [0.2, 0.25) is 0 Å². The second-order valence-electron chi connectivity index (χ2n) is 11.8. The van der Waals surface area contributed by atoms with Crippen LogP contribution in [0.1, 0.15) is 97.6 Å². The van der Waals surface area contributed by atoms with E-state index < -0.39 is 0 Å². The van der Waals surface area contributed by atoms with E-state index in [0.29, 0.717) is 0 Å². The van der Waals surface area contributed by atoms with Gasteiger partial charge in [0, 0.05) is 28.4 Å². The summed E-state index contributed by atoms with van der Waals surface area (Å²) >= 11 is 0. The molecule has 0 bridgehead atoms. The fourth-order valence-electron chi connectivity index (χ4n) is 5.86. The quantitative estimate of drug-likeness (QED) is 0.118. The van der Waals surface area contributed by atoms with Gasteiger partial charge in [-0.25, -0.2) is 0 Å². The second kappa shape index (κ2) is 14.8. The molecule has 4 aromatic carbocycles. The number of hydrogen-bond donors (Lipinski definition) is 2. The van der Waals surface area contributed by atoms with Gasteiger partial charge in [0.25, 0.3) is 0 Å². The minimum absolute atomic E-state index is 0.102. The third-order valence-corrected chi connectivity index (χ3v) is 7.94. The Morgan fingerprint density at radius 1 is 0.548 bits per heavy atom. The molecule has 4 rings (SSSR count). The topological polar surface area (TPSA) is 70.5 Å². The van der Waals surface area contributed by atoms with Crippen molar-refractivity contribution in [3.63, 3.8) is 0 Å². The van der Waals surface area contributed by atoms with Crippen molar-refractivity contribution in [2.75, 3.05) is 11.5 Å². The van der Waals surface area contributed by atoms with Gasteiger partial charge in [-0.2, -0.15) is 0 Å². The highest BCUT2D eigenvalue weighted by Gasteiger charge is 2.26. The van der Waals surface area contributed by atoms with Gasteiger partial charge >= 0.3 is 0 Å². The number of anilines is 2. The molecule has 4 heteroatoms. The molecule has 0 saturated heterocycles. The molecule has 0 atom stereocenters. The number of nitrogens with two attached hydrogens (primary N) is 2. The molecule has 0 unspecified atom stereocenters. The first-order valence-corrected chi connectivity index (χ1v) is 15.5. The molecule has 0 saturated carbocycles. The Kier molecular flexibility index (Phi) is 10.9. The first-order valence-electron chi connectivity index (χ1n) is 15.5. The van der Waals surface area contributed by atoms with Crippen molar-refractivity contribution in [3.05, 3.63) is 106 Å². The lowest BCUT2D eigenvalue weighted by atomic mass is 9.82. The Morgan fingerprint density at radius 3 is 1.38 bits per heavy atom. The predicted molar refractivity (Wildman–Crippen MR) is 178 cm³/mol. The number of unbranched alkanes of at least 4 members (excludes halogenated alkanes) is 6. The summed E-state index contributed by atoms with van der Waals surface area (Å²) in [5.41, 5.74) is 20.5. The third kappa shape index (κ3) is 8.31. The molecule has 0 aliphatic rings. The average molecular weight is 565 g/mol. The Labute approximate surface area is 253 Å². The maximum absolute atomic E-state index is 6.65. The van der Waals surface area contributed by atoms with Gasteiger partial charge in [0.15, 0.2) is 0 Å². The maximum Gasteiger partial charge on any atom is 0.134 e. The van der Waals surface area contributed by atoms with E-state index >= 15 is 0 Å². The van der Waals surface area contributed by atoms with E-state index in [4.69, 9.17) is 20.9 Å². The van der Waals surface area contributed by atoms with E-state index in [2.05, 4.69) is 58.9 Å². The fraction of sp³-hybridized carbons (Fsp3) is 0.368. The van der Waals surface area contributed by atoms with Crippen molar-refractivity contribution < 1.29 is 9.47 Å². The van der Waals surface area contributed by atoms with Crippen LogP contribution >= 0.6 is 0 Å². The summed E-state index contributed by atoms with van der Waals surface area (Å²) in [4.78, 5) is 0. The van der Waals surface area contributed by atoms with Crippen molar-refractivity contribution in [1.82, 2.24) is 0 Å². The van der Waals surface area contributed by atoms with Crippen LogP contribution in [0, 0.1) is 27.7 Å². The Balaban J connectivity index is 1.78. The van der Waals surface area contributed by atoms with Crippen LogP contribution in [0.3, 0.4) is 0 Å². The minimum atomic E-state index is 0.102. The minimum Gasteiger partial charge on any atom is -0.457 e. The van der Waals surface area contributed by atoms with Crippen LogP contribution in [0.25, 0.3) is 0 Å². The lowest BCUT2D eigenvalue weighted by Crippen LogP contribution is -2.09. The number of ether oxygens (including phenoxy) is 2. The number of rotatable bonds is 14. The number of hydrogen-bond acceptors (Lipinski definition) is 4. The molecule has 4 N–H and O–H groups in total. The van der Waals surface area contributed by atoms with Gasteiger partial charge in [0.1, 0.15) is 23.0 Å². The highest BCUT2D eigenvalue weighted by Crippen LogP contribution is 2.45. The SMILES string of the molecule is CCCCCCCCCC(c1cc(C)cc(C)c1Oc1ccc(N)cc1)c1cc(C)cc(C)c1Oc1ccc(N)cc1. The van der Waals surface area contributed by atoms with Crippen LogP contribution in [0.15, 0.2) is 72.8 Å². The molecule has 0 aliphatic heterocycles. The molecular weight excluding hydrogens is 516 g/mol. The lowest BCUT2D eigenvalue weighted by molar-refractivity contribution is 0.452. The molecule has 0 aromatic heterocycles. The summed E-state index contributed by atoms with van der Waals surface area (Å²) in [6.07, 6.45) is 9.87. The van der Waals surface area contributed by atoms with Gasteiger partial charge in [-0.1, -0.05) is 87.3 Å². The Bertz CT molecular complexity index is 1340. The van der Waals surface area contributed by atoms with Crippen LogP contribution in [0.4, 0.5) is 11.4 Å². The van der Waals surface area contributed by atoms with Gasteiger partial charge in [0.05, 0.1) is 0 Å². The zero-order chi connectivity index (χ0) is 30.1. The molecule has 0 spiro atoms. The molecule has 0 amide bonds. The van der Waals surface area contributed by atoms with E-state index in [0.717, 1.165) is 58.3 Å². The van der Waals surface area contributed by atoms with Crippen molar-refractivity contribution in [1.29, 1.82) is 0 Å². The molecule has 0 radical (unpaired) electrons. The highest BCUT2D eigenvalue weighted by atomic mass is 16.5. The van der Waals surface area contributed by atoms with E-state index in [1.54, 1.807) is 0 Å². The molecule has 4 nitrogen and oxygen atoms in total. The third-order valence-electron chi connectivity index (χ3n) is 7.94. The second-order valence-corrected chi connectivity index (χ2v) is 11.8. The first-order chi connectivity index (χ1) is 20.2. The van der Waals surface area contributed by atoms with Gasteiger partial charge in [0.2, 0.25) is 0 Å². The summed E-state index contributed by atoms with van der Waals surface area (Å²) < 4.78 is 13.3. The maximum atomic E-state index is 6.65. The first kappa shape index (κ1) is 31.0. The zero-order valence-corrected chi connectivity index (χ0v) is 26.1. The van der Waals surface area contributed by atoms with Crippen molar-refractivity contribution in [3.8, 4) is 23.0 Å². The number of nitrogen functional groups attached to an aromatic ring is 2. The van der Waals surface area contributed by atoms with Crippen LogP contribution < -0.4 is 20.9 Å². The van der Waals surface area contributed by atoms with Gasteiger partial charge in [-0.05, 0) is 93.8 Å². The molecule has 0 heterocycles. The van der Waals surface area contributed by atoms with E-state index in [9.17, 15) is 0 Å². The highest BCUT2D eigenvalue weighted by molar-refractivity contribution is 5.57. The smallest absolute Gasteiger partial charge is 0.134 e. The van der Waals surface area contributed by atoms with Crippen LogP contribution in [0.5, 0.6) is 23.0 Å². The van der Waals surface area contributed by atoms with Gasteiger partial charge in [-0.3, -0.25) is 0 Å². The van der Waals surface area contributed by atoms with E-state index in [-0.39, 0.29) is 5.92 Å². The summed E-state index contributed by atoms with van der Waals surface area (Å²) in [5, 5.41) is 0. The number of benzene rings is 4. The fourth-order valence-corrected chi connectivity index (χ4v) is 5.86. The summed E-state index contributed by atoms with van der Waals surface area (Å²) in [6.45, 7) is 10.9. The standard InChI is InChI=1S/C38H48N2O2/c1-6-7-8-9-10-11-12-13-34(35-24-26(2)22-28(4)37(35)41-32-18-14-30(39)15-19-32)36-25-27(3)23-29(5)38(36)42-33-20-16-31(40)17-21-33/h14-25,34H,6-13,39-40H2,1-5H3. The number of aryl methyl sites for hydroxylation is 4. The molecule has 42 heavy (non-hydrogen) atoms. The van der Waals surface area contributed by atoms with Crippen molar-refractivity contribution >= 4 is 11.4 Å². The molecule has 0 aliphatic carbocycles. The normalized spacial score (nSPS) is 11.2. The average Bonchev–Trinajstić information content (AvgIpc) is 2.95. The van der Waals surface area contributed by atoms with Crippen molar-refractivity contribution in [2.24, 2.45) is 0 Å². The Hall–Kier alpha value is -3.92. The lowest BCUT2D eigenvalue weighted by Gasteiger charge is -2.26. The molecule has 4 aromatic rings. The van der Waals surface area contributed by atoms with E-state index in [1.807, 2.05) is 48.5 Å².